The Labute approximate surface area is 51.0 Å². The zero-order valence-corrected chi connectivity index (χ0v) is 6.58. The fraction of sp³-hybridized carbons (Fsp3) is 1.00. The first-order valence-electron chi connectivity index (χ1n) is 1.88. The van der Waals surface area contributed by atoms with Gasteiger partial charge in [-0.2, -0.15) is 0 Å². The van der Waals surface area contributed by atoms with Crippen molar-refractivity contribution in [2.75, 3.05) is 0 Å². The number of hydrogen-bond acceptors (Lipinski definition) is 2. The quantitative estimate of drug-likeness (QED) is 0.576. The molecule has 0 rings (SSSR count). The largest absolute Gasteiger partial charge is 0.217 e. The molecule has 0 saturated carbocycles. The summed E-state index contributed by atoms with van der Waals surface area (Å²) in [6, 6.07) is 0. The number of rotatable bonds is 1. The van der Waals surface area contributed by atoms with Gasteiger partial charge in [-0.1, -0.05) is 0 Å². The van der Waals surface area contributed by atoms with Crippen LogP contribution >= 0.6 is 14.8 Å². The first-order valence-corrected chi connectivity index (χ1v) is 5.27. The van der Waals surface area contributed by atoms with Crippen molar-refractivity contribution in [1.29, 1.82) is 0 Å². The average Bonchev–Trinajstić information content (AvgIpc) is 1.31. The first kappa shape index (κ1) is 7.43. The Morgan fingerprint density at radius 3 is 1.57 bits per heavy atom. The third kappa shape index (κ3) is 3.05. The maximum Gasteiger partial charge on any atom is 0.211 e. The van der Waals surface area contributed by atoms with Gasteiger partial charge < -0.3 is 0 Å². The van der Waals surface area contributed by atoms with Crippen molar-refractivity contribution in [2.45, 2.75) is 19.1 Å². The number of halogens is 1. The van der Waals surface area contributed by atoms with E-state index in [1.807, 2.05) is 0 Å². The van der Waals surface area contributed by atoms with Gasteiger partial charge >= 0.3 is 0 Å². The minimum atomic E-state index is -2.93. The summed E-state index contributed by atoms with van der Waals surface area (Å²) < 4.78 is 20.5. The second-order valence-electron chi connectivity index (χ2n) is 1.52. The molecule has 0 spiro atoms. The Balaban J connectivity index is 4.10. The van der Waals surface area contributed by atoms with Crippen LogP contribution in [0.25, 0.3) is 0 Å². The third-order valence-corrected chi connectivity index (χ3v) is 3.93. The van der Waals surface area contributed by atoms with Crippen molar-refractivity contribution in [1.82, 2.24) is 0 Å². The predicted octanol–water partition coefficient (Wildman–Crippen LogP) is 1.12. The van der Waals surface area contributed by atoms with E-state index in [1.165, 1.54) is 0 Å². The van der Waals surface area contributed by atoms with Gasteiger partial charge in [0.15, 0.2) is 0 Å². The fourth-order valence-corrected chi connectivity index (χ4v) is 0. The highest BCUT2D eigenvalue weighted by Crippen LogP contribution is 2.06. The molecule has 2 nitrogen and oxygen atoms in total. The van der Waals surface area contributed by atoms with Crippen molar-refractivity contribution >= 4 is 23.1 Å². The highest BCUT2D eigenvalue weighted by Gasteiger charge is 2.08. The predicted molar refractivity (Wildman–Crippen MR) is 33.0 cm³/mol. The lowest BCUT2D eigenvalue weighted by Crippen LogP contribution is -2.03. The summed E-state index contributed by atoms with van der Waals surface area (Å²) in [5.74, 6) is 0. The average molecular weight is 187 g/mol. The van der Waals surface area contributed by atoms with Gasteiger partial charge in [-0.15, -0.1) is 0 Å². The Kier molecular flexibility index (Phi) is 2.26. The normalized spacial score (nSPS) is 12.6. The molecule has 0 heterocycles. The molecule has 44 valence electrons. The van der Waals surface area contributed by atoms with Crippen LogP contribution in [-0.4, -0.2) is 13.7 Å². The van der Waals surface area contributed by atoms with E-state index in [0.717, 1.165) is 0 Å². The highest BCUT2D eigenvalue weighted by molar-refractivity contribution is 9.47. The van der Waals surface area contributed by atoms with Crippen molar-refractivity contribution in [3.05, 3.63) is 0 Å². The van der Waals surface area contributed by atoms with Crippen molar-refractivity contribution in [2.24, 2.45) is 0 Å². The molecule has 0 aromatic rings. The van der Waals surface area contributed by atoms with E-state index in [2.05, 4.69) is 14.8 Å². The van der Waals surface area contributed by atoms with Crippen LogP contribution in [0.15, 0.2) is 0 Å². The molecule has 0 aromatic carbocycles. The molecule has 0 aromatic heterocycles. The van der Waals surface area contributed by atoms with Crippen molar-refractivity contribution in [3.63, 3.8) is 0 Å². The summed E-state index contributed by atoms with van der Waals surface area (Å²) in [6.45, 7) is 3.23. The van der Waals surface area contributed by atoms with E-state index in [0.29, 0.717) is 0 Å². The molecule has 0 N–H and O–H groups in total. The molecule has 7 heavy (non-hydrogen) atoms. The van der Waals surface area contributed by atoms with E-state index in [4.69, 9.17) is 0 Å². The van der Waals surface area contributed by atoms with Crippen molar-refractivity contribution in [3.8, 4) is 0 Å². The highest BCUT2D eigenvalue weighted by atomic mass is 79.9. The minimum Gasteiger partial charge on any atom is -0.217 e. The van der Waals surface area contributed by atoms with Gasteiger partial charge in [-0.3, -0.25) is 0 Å². The van der Waals surface area contributed by atoms with Crippen LogP contribution in [-0.2, 0) is 8.27 Å². The van der Waals surface area contributed by atoms with Crippen LogP contribution < -0.4 is 0 Å². The van der Waals surface area contributed by atoms with Gasteiger partial charge in [0.1, 0.15) is 0 Å². The van der Waals surface area contributed by atoms with E-state index >= 15 is 0 Å². The van der Waals surface area contributed by atoms with Crippen LogP contribution in [0.2, 0.25) is 0 Å². The summed E-state index contributed by atoms with van der Waals surface area (Å²) in [5, 5.41) is -0.313. The molecule has 0 amide bonds. The molecule has 0 fully saturated rings. The fourth-order valence-electron chi connectivity index (χ4n) is 0. The topological polar surface area (TPSA) is 34.1 Å². The van der Waals surface area contributed by atoms with E-state index in [9.17, 15) is 8.42 Å². The Hall–Kier alpha value is 0.430. The van der Waals surface area contributed by atoms with E-state index < -0.39 is 8.27 Å². The summed E-state index contributed by atoms with van der Waals surface area (Å²) >= 11 is 2.52. The summed E-state index contributed by atoms with van der Waals surface area (Å²) in [5.41, 5.74) is 0. The maximum absolute atomic E-state index is 10.2. The standard InChI is InChI=1S/C3H7BrO2S/c1-3(2)7(4,5)6/h3H,1-2H3. The lowest BCUT2D eigenvalue weighted by molar-refractivity contribution is 0.603. The minimum absolute atomic E-state index is 0.313. The first-order chi connectivity index (χ1) is 2.94. The lowest BCUT2D eigenvalue weighted by atomic mass is 10.6. The second kappa shape index (κ2) is 2.13. The van der Waals surface area contributed by atoms with Crippen LogP contribution in [0.4, 0.5) is 0 Å². The Morgan fingerprint density at radius 2 is 1.57 bits per heavy atom. The van der Waals surface area contributed by atoms with Crippen LogP contribution in [0.1, 0.15) is 13.8 Å². The molecule has 0 saturated heterocycles. The lowest BCUT2D eigenvalue weighted by Gasteiger charge is -1.93. The zero-order chi connectivity index (χ0) is 6.08. The Bertz CT molecular complexity index is 135. The maximum atomic E-state index is 10.2. The third-order valence-electron chi connectivity index (χ3n) is 0.563. The number of hydrogen-bond donors (Lipinski definition) is 0. The molecule has 0 atom stereocenters. The van der Waals surface area contributed by atoms with Crippen LogP contribution in [0.3, 0.4) is 0 Å². The zero-order valence-electron chi connectivity index (χ0n) is 4.18. The summed E-state index contributed by atoms with van der Waals surface area (Å²) in [4.78, 5) is 0. The Morgan fingerprint density at radius 1 is 1.43 bits per heavy atom. The molecule has 0 aliphatic carbocycles. The molecule has 4 heteroatoms. The molecular weight excluding hydrogens is 180 g/mol. The van der Waals surface area contributed by atoms with Crippen LogP contribution in [0.5, 0.6) is 0 Å². The van der Waals surface area contributed by atoms with Gasteiger partial charge in [-0.05, 0) is 13.8 Å². The van der Waals surface area contributed by atoms with Gasteiger partial charge in [0.25, 0.3) is 0 Å². The molecule has 0 aliphatic rings. The van der Waals surface area contributed by atoms with Gasteiger partial charge in [-0.25, -0.2) is 8.42 Å². The summed E-state index contributed by atoms with van der Waals surface area (Å²) in [7, 11) is -2.93. The van der Waals surface area contributed by atoms with Gasteiger partial charge in [0.2, 0.25) is 8.27 Å². The van der Waals surface area contributed by atoms with Crippen LogP contribution in [0, 0.1) is 0 Å². The SMILES string of the molecule is CC(C)S(=O)(=O)Br. The summed E-state index contributed by atoms with van der Waals surface area (Å²) in [6.07, 6.45) is 0. The van der Waals surface area contributed by atoms with E-state index in [-0.39, 0.29) is 5.25 Å². The molecule has 0 radical (unpaired) electrons. The van der Waals surface area contributed by atoms with Gasteiger partial charge in [0, 0.05) is 0 Å². The monoisotopic (exact) mass is 186 g/mol. The smallest absolute Gasteiger partial charge is 0.211 e. The molecule has 0 bridgehead atoms. The molecule has 0 unspecified atom stereocenters. The molecular formula is C3H7BrO2S. The van der Waals surface area contributed by atoms with Gasteiger partial charge in [0.05, 0.1) is 20.1 Å². The van der Waals surface area contributed by atoms with Crippen molar-refractivity contribution < 1.29 is 8.42 Å². The second-order valence-corrected chi connectivity index (χ2v) is 6.13. The van der Waals surface area contributed by atoms with E-state index in [1.54, 1.807) is 13.8 Å². The molecule has 0 aliphatic heterocycles.